The minimum atomic E-state index is -4.84. The summed E-state index contributed by atoms with van der Waals surface area (Å²) < 4.78 is 51.6. The Morgan fingerprint density at radius 1 is 1.27 bits per heavy atom. The molecule has 1 atom stereocenters. The van der Waals surface area contributed by atoms with Crippen LogP contribution in [0.15, 0.2) is 42.5 Å². The van der Waals surface area contributed by atoms with Crippen LogP contribution in [0.1, 0.15) is 12.0 Å². The summed E-state index contributed by atoms with van der Waals surface area (Å²) in [5.74, 6) is -1.60. The summed E-state index contributed by atoms with van der Waals surface area (Å²) in [6, 6.07) is 9.48. The monoisotopic (exact) mass is 419 g/mol. The van der Waals surface area contributed by atoms with E-state index in [-0.39, 0.29) is 28.4 Å². The number of ether oxygens (including phenoxy) is 2. The van der Waals surface area contributed by atoms with Gasteiger partial charge in [-0.05, 0) is 24.3 Å². The summed E-state index contributed by atoms with van der Waals surface area (Å²) in [5.41, 5.74) is 0.304. The fraction of sp³-hybridized carbons (Fsp3) is 0.250. The molecule has 1 aliphatic heterocycles. The zero-order chi connectivity index (χ0) is 21.9. The maximum atomic E-state index is 13.7. The van der Waals surface area contributed by atoms with Gasteiger partial charge in [-0.1, -0.05) is 12.1 Å². The Morgan fingerprint density at radius 2 is 2.00 bits per heavy atom. The lowest BCUT2D eigenvalue weighted by Crippen LogP contribution is -2.51. The number of carbonyl (C=O) groups excluding carboxylic acids is 2. The number of fused-ring (bicyclic) bond motifs is 1. The molecule has 2 amide bonds. The number of halogens is 3. The predicted molar refractivity (Wildman–Crippen MR) is 100 cm³/mol. The van der Waals surface area contributed by atoms with Crippen molar-refractivity contribution in [2.75, 3.05) is 23.9 Å². The average molecular weight is 419 g/mol. The molecule has 30 heavy (non-hydrogen) atoms. The number of hydrogen-bond acceptors (Lipinski definition) is 5. The number of nitriles is 1. The quantitative estimate of drug-likeness (QED) is 0.822. The highest BCUT2D eigenvalue weighted by atomic mass is 19.4. The van der Waals surface area contributed by atoms with E-state index in [0.29, 0.717) is 4.90 Å². The van der Waals surface area contributed by atoms with Crippen molar-refractivity contribution in [3.8, 4) is 17.6 Å². The molecule has 1 heterocycles. The van der Waals surface area contributed by atoms with Crippen LogP contribution in [0.3, 0.4) is 0 Å². The highest BCUT2D eigenvalue weighted by Gasteiger charge is 2.49. The van der Waals surface area contributed by atoms with Crippen LogP contribution in [0.2, 0.25) is 0 Å². The summed E-state index contributed by atoms with van der Waals surface area (Å²) in [5, 5.41) is 11.3. The number of nitrogens with one attached hydrogen (secondary N) is 1. The average Bonchev–Trinajstić information content (AvgIpc) is 2.87. The molecule has 156 valence electrons. The van der Waals surface area contributed by atoms with E-state index in [1.807, 2.05) is 6.07 Å². The molecular formula is C20H16F3N3O4. The van der Waals surface area contributed by atoms with E-state index in [2.05, 4.69) is 5.32 Å². The van der Waals surface area contributed by atoms with Crippen LogP contribution in [0, 0.1) is 11.3 Å². The third-order valence-corrected chi connectivity index (χ3v) is 4.42. The molecule has 3 rings (SSSR count). The maximum Gasteiger partial charge on any atom is 0.409 e. The first kappa shape index (κ1) is 21.0. The number of benzene rings is 2. The number of carbonyl (C=O) groups is 2. The van der Waals surface area contributed by atoms with Crippen LogP contribution >= 0.6 is 0 Å². The lowest BCUT2D eigenvalue weighted by atomic mass is 10.1. The summed E-state index contributed by atoms with van der Waals surface area (Å²) >= 11 is 0. The Bertz CT molecular complexity index is 1020. The molecule has 0 fully saturated rings. The van der Waals surface area contributed by atoms with Crippen LogP contribution in [0.4, 0.5) is 24.5 Å². The molecule has 0 spiro atoms. The van der Waals surface area contributed by atoms with Gasteiger partial charge < -0.3 is 14.8 Å². The molecule has 0 saturated heterocycles. The Balaban J connectivity index is 1.92. The van der Waals surface area contributed by atoms with Crippen molar-refractivity contribution in [3.63, 3.8) is 0 Å². The maximum absolute atomic E-state index is 13.7. The molecule has 1 N–H and O–H groups in total. The van der Waals surface area contributed by atoms with Gasteiger partial charge in [-0.2, -0.15) is 18.4 Å². The molecule has 0 aliphatic carbocycles. The smallest absolute Gasteiger partial charge is 0.409 e. The third kappa shape index (κ3) is 4.30. The lowest BCUT2D eigenvalue weighted by Gasteiger charge is -2.31. The SMILES string of the molecule is COc1cc(C#N)ccc1OCC(=O)N1c2ccccc2NC(=O)C[C@@H]1C(F)(F)F. The van der Waals surface area contributed by atoms with Crippen molar-refractivity contribution in [1.82, 2.24) is 0 Å². The van der Waals surface area contributed by atoms with E-state index in [4.69, 9.17) is 14.7 Å². The number of rotatable bonds is 4. The van der Waals surface area contributed by atoms with Gasteiger partial charge in [0.05, 0.1) is 36.5 Å². The molecule has 2 aromatic rings. The van der Waals surface area contributed by atoms with Gasteiger partial charge in [0, 0.05) is 6.07 Å². The Hall–Kier alpha value is -3.74. The second-order valence-electron chi connectivity index (χ2n) is 6.36. The van der Waals surface area contributed by atoms with E-state index in [0.717, 1.165) is 0 Å². The number of alkyl halides is 3. The van der Waals surface area contributed by atoms with Crippen LogP contribution in [0.5, 0.6) is 11.5 Å². The molecule has 7 nitrogen and oxygen atoms in total. The Kier molecular flexibility index (Phi) is 5.82. The fourth-order valence-corrected chi connectivity index (χ4v) is 3.06. The molecule has 10 heteroatoms. The second kappa shape index (κ2) is 8.32. The summed E-state index contributed by atoms with van der Waals surface area (Å²) in [4.78, 5) is 25.3. The minimum absolute atomic E-state index is 0.0777. The zero-order valence-corrected chi connectivity index (χ0v) is 15.7. The third-order valence-electron chi connectivity index (χ3n) is 4.42. The summed E-state index contributed by atoms with van der Waals surface area (Å²) in [6.07, 6.45) is -5.78. The van der Waals surface area contributed by atoms with Crippen molar-refractivity contribution in [2.24, 2.45) is 0 Å². The van der Waals surface area contributed by atoms with Gasteiger partial charge >= 0.3 is 6.18 Å². The largest absolute Gasteiger partial charge is 0.493 e. The van der Waals surface area contributed by atoms with Crippen molar-refractivity contribution in [2.45, 2.75) is 18.6 Å². The molecule has 0 unspecified atom stereocenters. The topological polar surface area (TPSA) is 91.7 Å². The first-order valence-corrected chi connectivity index (χ1v) is 8.73. The molecular weight excluding hydrogens is 403 g/mol. The van der Waals surface area contributed by atoms with Crippen LogP contribution in [-0.2, 0) is 9.59 Å². The van der Waals surface area contributed by atoms with E-state index >= 15 is 0 Å². The number of hydrogen-bond donors (Lipinski definition) is 1. The van der Waals surface area contributed by atoms with E-state index < -0.39 is 37.1 Å². The molecule has 0 bridgehead atoms. The fourth-order valence-electron chi connectivity index (χ4n) is 3.06. The molecule has 2 aromatic carbocycles. The first-order valence-electron chi connectivity index (χ1n) is 8.73. The molecule has 0 radical (unpaired) electrons. The zero-order valence-electron chi connectivity index (χ0n) is 15.7. The van der Waals surface area contributed by atoms with Crippen molar-refractivity contribution < 1.29 is 32.2 Å². The highest BCUT2D eigenvalue weighted by Crippen LogP contribution is 2.38. The van der Waals surface area contributed by atoms with E-state index in [1.54, 1.807) is 0 Å². The van der Waals surface area contributed by atoms with Gasteiger partial charge in [0.15, 0.2) is 18.1 Å². The normalized spacial score (nSPS) is 16.0. The van der Waals surface area contributed by atoms with E-state index in [1.165, 1.54) is 49.6 Å². The second-order valence-corrected chi connectivity index (χ2v) is 6.36. The first-order chi connectivity index (χ1) is 14.2. The van der Waals surface area contributed by atoms with Gasteiger partial charge in [0.2, 0.25) is 5.91 Å². The Morgan fingerprint density at radius 3 is 2.67 bits per heavy atom. The van der Waals surface area contributed by atoms with Gasteiger partial charge in [-0.25, -0.2) is 0 Å². The van der Waals surface area contributed by atoms with Crippen molar-refractivity contribution in [3.05, 3.63) is 48.0 Å². The number of amides is 2. The predicted octanol–water partition coefficient (Wildman–Crippen LogP) is 3.25. The van der Waals surface area contributed by atoms with Crippen molar-refractivity contribution >= 4 is 23.2 Å². The van der Waals surface area contributed by atoms with Crippen LogP contribution in [-0.4, -0.2) is 37.7 Å². The van der Waals surface area contributed by atoms with Crippen LogP contribution in [0.25, 0.3) is 0 Å². The summed E-state index contributed by atoms with van der Waals surface area (Å²) in [7, 11) is 1.33. The van der Waals surface area contributed by atoms with Gasteiger partial charge in [0.1, 0.15) is 6.04 Å². The van der Waals surface area contributed by atoms with Gasteiger partial charge in [0.25, 0.3) is 5.91 Å². The van der Waals surface area contributed by atoms with E-state index in [9.17, 15) is 22.8 Å². The van der Waals surface area contributed by atoms with Gasteiger partial charge in [-0.3, -0.25) is 14.5 Å². The molecule has 0 saturated carbocycles. The summed E-state index contributed by atoms with van der Waals surface area (Å²) in [6.45, 7) is -0.739. The number of methoxy groups -OCH3 is 1. The number of para-hydroxylation sites is 2. The Labute approximate surface area is 169 Å². The highest BCUT2D eigenvalue weighted by molar-refractivity contribution is 6.05. The minimum Gasteiger partial charge on any atom is -0.493 e. The van der Waals surface area contributed by atoms with Crippen LogP contribution < -0.4 is 19.7 Å². The lowest BCUT2D eigenvalue weighted by molar-refractivity contribution is -0.158. The molecule has 0 aromatic heterocycles. The number of nitrogens with zero attached hydrogens (tertiary/aromatic N) is 2. The van der Waals surface area contributed by atoms with Gasteiger partial charge in [-0.15, -0.1) is 0 Å². The molecule has 1 aliphatic rings. The standard InChI is InChI=1S/C20H16F3N3O4/c1-29-16-8-12(10-24)6-7-15(16)30-11-19(28)26-14-5-3-2-4-13(14)25-18(27)9-17(26)20(21,22)23/h2-8,17H,9,11H2,1H3,(H,25,27)/t17-/m1/s1. The number of anilines is 2. The van der Waals surface area contributed by atoms with Crippen molar-refractivity contribution in [1.29, 1.82) is 5.26 Å².